The van der Waals surface area contributed by atoms with Gasteiger partial charge in [-0.2, -0.15) is 0 Å². The molecule has 1 saturated carbocycles. The number of carbonyl (C=O) groups is 4. The summed E-state index contributed by atoms with van der Waals surface area (Å²) >= 11 is 0. The largest absolute Gasteiger partial charge is 0.481 e. The molecule has 0 radical (unpaired) electrons. The number of rotatable bonds is 8. The van der Waals surface area contributed by atoms with Crippen molar-refractivity contribution in [3.05, 3.63) is 47.5 Å². The van der Waals surface area contributed by atoms with Gasteiger partial charge in [0.2, 0.25) is 0 Å². The summed E-state index contributed by atoms with van der Waals surface area (Å²) in [5.74, 6) is -5.85. The number of carboxylic acid groups (broad SMARTS) is 1. The highest BCUT2D eigenvalue weighted by Gasteiger charge is 2.71. The summed E-state index contributed by atoms with van der Waals surface area (Å²) in [6, 6.07) is 8.91. The highest BCUT2D eigenvalue weighted by Crippen LogP contribution is 2.62. The van der Waals surface area contributed by atoms with E-state index in [2.05, 4.69) is 9.80 Å². The Morgan fingerprint density at radius 3 is 2.00 bits per heavy atom. The summed E-state index contributed by atoms with van der Waals surface area (Å²) in [4.78, 5) is 57.8. The van der Waals surface area contributed by atoms with Gasteiger partial charge in [-0.25, -0.2) is 4.79 Å². The summed E-state index contributed by atoms with van der Waals surface area (Å²) in [7, 11) is 3.94. The first-order valence-electron chi connectivity index (χ1n) is 16.5. The van der Waals surface area contributed by atoms with E-state index in [1.54, 1.807) is 44.2 Å². The van der Waals surface area contributed by atoms with Gasteiger partial charge in [-0.15, -0.1) is 0 Å². The van der Waals surface area contributed by atoms with Crippen molar-refractivity contribution in [3.63, 3.8) is 0 Å². The van der Waals surface area contributed by atoms with Gasteiger partial charge in [0.15, 0.2) is 0 Å². The first-order valence-corrected chi connectivity index (χ1v) is 16.5. The minimum absolute atomic E-state index is 0.0441. The van der Waals surface area contributed by atoms with Crippen LogP contribution in [0.5, 0.6) is 0 Å². The smallest absolute Gasteiger partial charge is 0.333 e. The minimum Gasteiger partial charge on any atom is -0.481 e. The van der Waals surface area contributed by atoms with E-state index in [1.165, 1.54) is 6.92 Å². The molecular weight excluding hydrogens is 592 g/mol. The molecule has 12 atom stereocenters. The number of esters is 3. The van der Waals surface area contributed by atoms with Crippen LogP contribution in [-0.4, -0.2) is 107 Å². The number of carbonyl (C=O) groups excluding carboxylic acids is 3. The van der Waals surface area contributed by atoms with Gasteiger partial charge in [-0.3, -0.25) is 24.2 Å². The summed E-state index contributed by atoms with van der Waals surface area (Å²) in [5, 5.41) is 20.9. The third kappa shape index (κ3) is 5.44. The zero-order valence-corrected chi connectivity index (χ0v) is 27.2. The number of ether oxygens (including phenoxy) is 3. The number of hydrogen-bond acceptors (Lipinski definition) is 10. The molecule has 0 amide bonds. The Hall–Kier alpha value is -3.28. The van der Waals surface area contributed by atoms with Crippen molar-refractivity contribution < 1.29 is 43.6 Å². The lowest BCUT2D eigenvalue weighted by molar-refractivity contribution is -0.205. The Kier molecular flexibility index (Phi) is 8.80. The third-order valence-corrected chi connectivity index (χ3v) is 11.9. The van der Waals surface area contributed by atoms with Crippen LogP contribution in [0.1, 0.15) is 70.8 Å². The Morgan fingerprint density at radius 1 is 0.826 bits per heavy atom. The molecule has 6 rings (SSSR count). The Labute approximate surface area is 269 Å². The Balaban J connectivity index is 1.21. The SMILES string of the molecule is CC=C(C)C(=O)OC1CC2CC(OC(=O)C3C(c4ccccc4)C(C(=O)OC4CC5CC(O)CC4N5C)C3(C)C(=O)O)CC1N2C. The minimum atomic E-state index is -1.75. The van der Waals surface area contributed by atoms with Crippen molar-refractivity contribution in [1.82, 2.24) is 9.80 Å². The van der Waals surface area contributed by atoms with Crippen LogP contribution in [0.15, 0.2) is 42.0 Å². The number of carboxylic acids is 1. The van der Waals surface area contributed by atoms with E-state index in [0.717, 1.165) is 0 Å². The molecule has 4 bridgehead atoms. The third-order valence-electron chi connectivity index (χ3n) is 11.9. The lowest BCUT2D eigenvalue weighted by atomic mass is 9.45. The van der Waals surface area contributed by atoms with Gasteiger partial charge in [0.05, 0.1) is 29.4 Å². The number of likely N-dealkylation sites (N-methyl/N-ethyl adjacent to an activating group) is 2. The molecule has 4 saturated heterocycles. The van der Waals surface area contributed by atoms with Crippen LogP contribution in [0.25, 0.3) is 0 Å². The fourth-order valence-corrected chi connectivity index (χ4v) is 9.05. The van der Waals surface area contributed by atoms with Gasteiger partial charge in [0.25, 0.3) is 0 Å². The molecule has 5 fully saturated rings. The maximum absolute atomic E-state index is 14.1. The van der Waals surface area contributed by atoms with E-state index in [-0.39, 0.29) is 36.2 Å². The van der Waals surface area contributed by atoms with E-state index in [4.69, 9.17) is 14.2 Å². The molecule has 12 unspecified atom stereocenters. The molecule has 1 aromatic carbocycles. The van der Waals surface area contributed by atoms with E-state index >= 15 is 0 Å². The number of aliphatic carboxylic acids is 1. The predicted octanol–water partition coefficient (Wildman–Crippen LogP) is 2.90. The van der Waals surface area contributed by atoms with E-state index < -0.39 is 59.4 Å². The summed E-state index contributed by atoms with van der Waals surface area (Å²) in [5.41, 5.74) is -0.538. The normalized spacial score (nSPS) is 40.6. The molecule has 2 N–H and O–H groups in total. The number of fused-ring (bicyclic) bond motifs is 4. The number of aliphatic hydroxyl groups is 1. The van der Waals surface area contributed by atoms with Crippen molar-refractivity contribution in [2.24, 2.45) is 17.3 Å². The van der Waals surface area contributed by atoms with Crippen molar-refractivity contribution in [2.75, 3.05) is 14.1 Å². The topological polar surface area (TPSA) is 143 Å². The number of aliphatic hydroxyl groups excluding tert-OH is 1. The first-order chi connectivity index (χ1) is 21.8. The van der Waals surface area contributed by atoms with Crippen LogP contribution < -0.4 is 0 Å². The molecular formula is C35H46N2O9. The number of hydrogen-bond donors (Lipinski definition) is 2. The second kappa shape index (κ2) is 12.4. The Morgan fingerprint density at radius 2 is 1.39 bits per heavy atom. The molecule has 4 heterocycles. The van der Waals surface area contributed by atoms with Crippen LogP contribution in [0.3, 0.4) is 0 Å². The molecule has 46 heavy (non-hydrogen) atoms. The Bertz CT molecular complexity index is 1400. The van der Waals surface area contributed by atoms with Crippen LogP contribution in [0.4, 0.5) is 0 Å². The number of nitrogens with zero attached hydrogens (tertiary/aromatic N) is 2. The van der Waals surface area contributed by atoms with Gasteiger partial charge in [-0.05, 0) is 53.3 Å². The van der Waals surface area contributed by atoms with E-state index in [9.17, 15) is 29.4 Å². The van der Waals surface area contributed by atoms with Gasteiger partial charge in [-0.1, -0.05) is 36.4 Å². The average Bonchev–Trinajstić information content (AvgIpc) is 3.27. The highest BCUT2D eigenvalue weighted by atomic mass is 16.6. The van der Waals surface area contributed by atoms with Crippen molar-refractivity contribution >= 4 is 23.9 Å². The van der Waals surface area contributed by atoms with Crippen molar-refractivity contribution in [1.29, 1.82) is 0 Å². The number of benzene rings is 1. The summed E-state index contributed by atoms with van der Waals surface area (Å²) in [6.07, 6.45) is 3.25. The van der Waals surface area contributed by atoms with Crippen LogP contribution in [-0.2, 0) is 33.4 Å². The van der Waals surface area contributed by atoms with E-state index in [0.29, 0.717) is 49.7 Å². The van der Waals surface area contributed by atoms with Gasteiger partial charge < -0.3 is 24.4 Å². The fraction of sp³-hybridized carbons (Fsp3) is 0.657. The molecule has 11 nitrogen and oxygen atoms in total. The zero-order chi connectivity index (χ0) is 33.1. The monoisotopic (exact) mass is 638 g/mol. The van der Waals surface area contributed by atoms with Crippen molar-refractivity contribution in [2.45, 2.75) is 114 Å². The molecule has 250 valence electrons. The van der Waals surface area contributed by atoms with Crippen LogP contribution in [0, 0.1) is 17.3 Å². The molecule has 11 heteroatoms. The average molecular weight is 639 g/mol. The standard InChI is InChI=1S/C35H46N2O9/c1-6-18(2)31(39)45-27-15-21-13-23(17-25(27)37(21)5)44-32(40)29-28(19-10-8-7-9-11-19)30(35(29,3)34(42)43)33(41)46-26-14-20-12-22(38)16-24(26)36(20)4/h6-11,20-30,38H,12-17H2,1-5H3,(H,42,43). The molecule has 4 aliphatic heterocycles. The maximum Gasteiger partial charge on any atom is 0.333 e. The first kappa shape index (κ1) is 32.7. The number of piperidine rings is 2. The molecule has 0 aromatic heterocycles. The molecule has 1 aromatic rings. The quantitative estimate of drug-likeness (QED) is 0.247. The zero-order valence-electron chi connectivity index (χ0n) is 27.2. The lowest BCUT2D eigenvalue weighted by Gasteiger charge is -2.54. The van der Waals surface area contributed by atoms with Gasteiger partial charge >= 0.3 is 23.9 Å². The summed E-state index contributed by atoms with van der Waals surface area (Å²) < 4.78 is 18.0. The van der Waals surface area contributed by atoms with Crippen LogP contribution in [0.2, 0.25) is 0 Å². The highest BCUT2D eigenvalue weighted by molar-refractivity contribution is 5.95. The van der Waals surface area contributed by atoms with Gasteiger partial charge in [0.1, 0.15) is 18.3 Å². The van der Waals surface area contributed by atoms with Crippen molar-refractivity contribution in [3.8, 4) is 0 Å². The molecule has 0 spiro atoms. The molecule has 1 aliphatic carbocycles. The fourth-order valence-electron chi connectivity index (χ4n) is 9.05. The van der Waals surface area contributed by atoms with E-state index in [1.807, 2.05) is 20.2 Å². The lowest BCUT2D eigenvalue weighted by Crippen LogP contribution is -2.64. The van der Waals surface area contributed by atoms with Gasteiger partial charge in [0, 0.05) is 55.3 Å². The van der Waals surface area contributed by atoms with Crippen LogP contribution >= 0.6 is 0 Å². The predicted molar refractivity (Wildman–Crippen MR) is 165 cm³/mol. The second-order valence-electron chi connectivity index (χ2n) is 14.3. The second-order valence-corrected chi connectivity index (χ2v) is 14.3. The summed E-state index contributed by atoms with van der Waals surface area (Å²) in [6.45, 7) is 4.95. The number of allylic oxidation sites excluding steroid dienone is 1. The maximum atomic E-state index is 14.1. The molecule has 5 aliphatic rings.